The maximum Gasteiger partial charge on any atom is 0.211 e. The summed E-state index contributed by atoms with van der Waals surface area (Å²) in [6, 6.07) is 4.04. The Hall–Kier alpha value is -0.850. The van der Waals surface area contributed by atoms with Crippen molar-refractivity contribution < 1.29 is 12.8 Å². The van der Waals surface area contributed by atoms with Crippen molar-refractivity contribution in [1.82, 2.24) is 10.0 Å². The van der Waals surface area contributed by atoms with Crippen LogP contribution in [-0.2, 0) is 16.6 Å². The van der Waals surface area contributed by atoms with Gasteiger partial charge in [-0.25, -0.2) is 13.1 Å². The molecule has 1 aliphatic rings. The maximum absolute atomic E-state index is 11.2. The lowest BCUT2D eigenvalue weighted by molar-refractivity contribution is 0.445. The van der Waals surface area contributed by atoms with E-state index in [-0.39, 0.29) is 5.75 Å². The highest BCUT2D eigenvalue weighted by Gasteiger charge is 2.36. The second-order valence-electron chi connectivity index (χ2n) is 5.10. The lowest BCUT2D eigenvalue weighted by atomic mass is 10.3. The first-order valence-corrected chi connectivity index (χ1v) is 8.43. The second kappa shape index (κ2) is 6.07. The molecule has 2 atom stereocenters. The quantitative estimate of drug-likeness (QED) is 0.709. The molecule has 0 amide bonds. The van der Waals surface area contributed by atoms with Gasteiger partial charge in [0.25, 0.3) is 0 Å². The van der Waals surface area contributed by atoms with Gasteiger partial charge in [0.1, 0.15) is 11.5 Å². The summed E-state index contributed by atoms with van der Waals surface area (Å²) < 4.78 is 30.6. The molecule has 19 heavy (non-hydrogen) atoms. The van der Waals surface area contributed by atoms with Crippen LogP contribution in [-0.4, -0.2) is 27.3 Å². The molecule has 0 radical (unpaired) electrons. The highest BCUT2D eigenvalue weighted by molar-refractivity contribution is 7.89. The van der Waals surface area contributed by atoms with Gasteiger partial charge in [-0.2, -0.15) is 0 Å². The summed E-state index contributed by atoms with van der Waals surface area (Å²) in [4.78, 5) is 0. The molecule has 2 unspecified atom stereocenters. The van der Waals surface area contributed by atoms with E-state index in [1.165, 1.54) is 6.42 Å². The predicted molar refractivity (Wildman–Crippen MR) is 74.4 cm³/mol. The third-order valence-electron chi connectivity index (χ3n) is 3.46. The van der Waals surface area contributed by atoms with Crippen LogP contribution in [0.2, 0.25) is 0 Å². The summed E-state index contributed by atoms with van der Waals surface area (Å²) in [5.74, 6) is 3.46. The highest BCUT2D eigenvalue weighted by atomic mass is 32.2. The van der Waals surface area contributed by atoms with Crippen LogP contribution in [0.4, 0.5) is 0 Å². The minimum atomic E-state index is -3.08. The van der Waals surface area contributed by atoms with Gasteiger partial charge in [-0.15, -0.1) is 0 Å². The minimum Gasteiger partial charge on any atom is -0.464 e. The highest BCUT2D eigenvalue weighted by Crippen LogP contribution is 2.47. The van der Waals surface area contributed by atoms with Crippen molar-refractivity contribution in [3.05, 3.63) is 23.7 Å². The molecular weight excluding hydrogens is 264 g/mol. The van der Waals surface area contributed by atoms with E-state index in [2.05, 4.69) is 17.0 Å². The van der Waals surface area contributed by atoms with Gasteiger partial charge in [0.15, 0.2) is 0 Å². The van der Waals surface area contributed by atoms with E-state index in [0.717, 1.165) is 17.4 Å². The Bertz CT molecular complexity index is 510. The SMILES string of the molecule is CCS(=O)(=O)NCCNCc1ccc(C2CC2C)o1. The Labute approximate surface area is 114 Å². The van der Waals surface area contributed by atoms with Gasteiger partial charge in [0, 0.05) is 19.0 Å². The Morgan fingerprint density at radius 1 is 1.37 bits per heavy atom. The summed E-state index contributed by atoms with van der Waals surface area (Å²) in [7, 11) is -3.08. The lowest BCUT2D eigenvalue weighted by Crippen LogP contribution is -2.32. The maximum atomic E-state index is 11.2. The van der Waals surface area contributed by atoms with E-state index in [1.807, 2.05) is 12.1 Å². The number of furan rings is 1. The van der Waals surface area contributed by atoms with Gasteiger partial charge in [-0.05, 0) is 31.4 Å². The standard InChI is InChI=1S/C13H22N2O3S/c1-3-19(16,17)15-7-6-14-9-11-4-5-13(18-11)12-8-10(12)2/h4-5,10,12,14-15H,3,6-9H2,1-2H3. The first-order chi connectivity index (χ1) is 9.02. The summed E-state index contributed by atoms with van der Waals surface area (Å²) >= 11 is 0. The zero-order valence-electron chi connectivity index (χ0n) is 11.5. The van der Waals surface area contributed by atoms with Crippen LogP contribution in [0, 0.1) is 5.92 Å². The molecule has 2 rings (SSSR count). The zero-order valence-corrected chi connectivity index (χ0v) is 12.3. The van der Waals surface area contributed by atoms with E-state index >= 15 is 0 Å². The molecule has 0 spiro atoms. The number of hydrogen-bond donors (Lipinski definition) is 2. The molecule has 1 aliphatic carbocycles. The van der Waals surface area contributed by atoms with Crippen LogP contribution in [0.3, 0.4) is 0 Å². The molecule has 108 valence electrons. The molecule has 1 aromatic heterocycles. The first kappa shape index (κ1) is 14.6. The van der Waals surface area contributed by atoms with Crippen LogP contribution < -0.4 is 10.0 Å². The van der Waals surface area contributed by atoms with Crippen LogP contribution in [0.15, 0.2) is 16.5 Å². The van der Waals surface area contributed by atoms with E-state index < -0.39 is 10.0 Å². The van der Waals surface area contributed by atoms with Gasteiger partial charge in [0.05, 0.1) is 12.3 Å². The van der Waals surface area contributed by atoms with Crippen molar-refractivity contribution in [3.63, 3.8) is 0 Å². The van der Waals surface area contributed by atoms with E-state index in [0.29, 0.717) is 25.6 Å². The lowest BCUT2D eigenvalue weighted by Gasteiger charge is -2.05. The van der Waals surface area contributed by atoms with Gasteiger partial charge in [-0.3, -0.25) is 0 Å². The molecule has 0 aromatic carbocycles. The van der Waals surface area contributed by atoms with Crippen LogP contribution >= 0.6 is 0 Å². The summed E-state index contributed by atoms with van der Waals surface area (Å²) in [5, 5.41) is 3.16. The Kier molecular flexibility index (Phi) is 4.65. The fourth-order valence-electron chi connectivity index (χ4n) is 2.02. The summed E-state index contributed by atoms with van der Waals surface area (Å²) in [6.07, 6.45) is 1.22. The Morgan fingerprint density at radius 3 is 2.74 bits per heavy atom. The minimum absolute atomic E-state index is 0.119. The smallest absolute Gasteiger partial charge is 0.211 e. The zero-order chi connectivity index (χ0) is 13.9. The number of hydrogen-bond acceptors (Lipinski definition) is 4. The average Bonchev–Trinajstić information content (AvgIpc) is 2.91. The van der Waals surface area contributed by atoms with Crippen molar-refractivity contribution in [2.45, 2.75) is 32.7 Å². The van der Waals surface area contributed by atoms with E-state index in [4.69, 9.17) is 4.42 Å². The molecule has 0 bridgehead atoms. The van der Waals surface area contributed by atoms with Gasteiger partial charge < -0.3 is 9.73 Å². The van der Waals surface area contributed by atoms with E-state index in [1.54, 1.807) is 6.92 Å². The number of sulfonamides is 1. The van der Waals surface area contributed by atoms with Gasteiger partial charge >= 0.3 is 0 Å². The normalized spacial score (nSPS) is 22.6. The third-order valence-corrected chi connectivity index (χ3v) is 4.86. The predicted octanol–water partition coefficient (Wildman–Crippen LogP) is 1.43. The monoisotopic (exact) mass is 286 g/mol. The van der Waals surface area contributed by atoms with Crippen molar-refractivity contribution in [1.29, 1.82) is 0 Å². The third kappa shape index (κ3) is 4.33. The van der Waals surface area contributed by atoms with Gasteiger partial charge in [-0.1, -0.05) is 6.92 Å². The fourth-order valence-corrected chi connectivity index (χ4v) is 2.63. The van der Waals surface area contributed by atoms with Crippen molar-refractivity contribution in [2.75, 3.05) is 18.8 Å². The molecule has 0 aliphatic heterocycles. The van der Waals surface area contributed by atoms with Gasteiger partial charge in [0.2, 0.25) is 10.0 Å². The van der Waals surface area contributed by atoms with Crippen LogP contribution in [0.25, 0.3) is 0 Å². The second-order valence-corrected chi connectivity index (χ2v) is 7.19. The van der Waals surface area contributed by atoms with Crippen molar-refractivity contribution >= 4 is 10.0 Å². The Balaban J connectivity index is 1.65. The van der Waals surface area contributed by atoms with Crippen molar-refractivity contribution in [3.8, 4) is 0 Å². The van der Waals surface area contributed by atoms with E-state index in [9.17, 15) is 8.42 Å². The molecule has 1 fully saturated rings. The summed E-state index contributed by atoms with van der Waals surface area (Å²) in [5.41, 5.74) is 0. The number of rotatable bonds is 8. The fraction of sp³-hybridized carbons (Fsp3) is 0.692. The van der Waals surface area contributed by atoms with Crippen LogP contribution in [0.5, 0.6) is 0 Å². The van der Waals surface area contributed by atoms with Crippen LogP contribution in [0.1, 0.15) is 37.7 Å². The molecule has 1 aromatic rings. The molecule has 1 heterocycles. The molecule has 6 heteroatoms. The largest absolute Gasteiger partial charge is 0.464 e. The van der Waals surface area contributed by atoms with Crippen molar-refractivity contribution in [2.24, 2.45) is 5.92 Å². The molecule has 1 saturated carbocycles. The molecule has 5 nitrogen and oxygen atoms in total. The summed E-state index contributed by atoms with van der Waals surface area (Å²) in [6.45, 7) is 5.48. The average molecular weight is 286 g/mol. The molecule has 2 N–H and O–H groups in total. The molecule has 0 saturated heterocycles. The molecular formula is C13H22N2O3S. The number of nitrogens with one attached hydrogen (secondary N) is 2. The Morgan fingerprint density at radius 2 is 2.11 bits per heavy atom. The topological polar surface area (TPSA) is 71.3 Å². The first-order valence-electron chi connectivity index (χ1n) is 6.78.